The Balaban J connectivity index is 1.69. The molecule has 1 aromatic heterocycles. The van der Waals surface area contributed by atoms with Gasteiger partial charge in [-0.15, -0.1) is 11.8 Å². The summed E-state index contributed by atoms with van der Waals surface area (Å²) in [6.45, 7) is 1.38. The van der Waals surface area contributed by atoms with E-state index in [4.69, 9.17) is 4.42 Å². The van der Waals surface area contributed by atoms with Gasteiger partial charge in [0.15, 0.2) is 0 Å². The van der Waals surface area contributed by atoms with E-state index in [1.54, 1.807) is 6.26 Å². The first-order chi connectivity index (χ1) is 8.75. The number of thioether (sulfide) groups is 1. The van der Waals surface area contributed by atoms with Gasteiger partial charge in [0.05, 0.1) is 12.8 Å². The van der Waals surface area contributed by atoms with Gasteiger partial charge in [-0.25, -0.2) is 8.78 Å². The zero-order valence-corrected chi connectivity index (χ0v) is 10.5. The molecule has 0 aliphatic heterocycles. The predicted molar refractivity (Wildman–Crippen MR) is 67.5 cm³/mol. The van der Waals surface area contributed by atoms with Crippen molar-refractivity contribution in [1.82, 2.24) is 5.32 Å². The van der Waals surface area contributed by atoms with Crippen LogP contribution in [-0.2, 0) is 6.54 Å². The molecule has 96 valence electrons. The van der Waals surface area contributed by atoms with Crippen molar-refractivity contribution in [2.45, 2.75) is 11.4 Å². The summed E-state index contributed by atoms with van der Waals surface area (Å²) in [7, 11) is 0. The fourth-order valence-corrected chi connectivity index (χ4v) is 2.28. The molecule has 0 amide bonds. The Bertz CT molecular complexity index is 488. The van der Waals surface area contributed by atoms with E-state index in [1.807, 2.05) is 12.1 Å². The Hall–Kier alpha value is -1.33. The lowest BCUT2D eigenvalue weighted by molar-refractivity contribution is 0.488. The second kappa shape index (κ2) is 6.56. The number of hydrogen-bond donors (Lipinski definition) is 1. The number of halogens is 2. The van der Waals surface area contributed by atoms with E-state index in [9.17, 15) is 8.78 Å². The molecule has 2 aromatic rings. The van der Waals surface area contributed by atoms with Crippen molar-refractivity contribution in [1.29, 1.82) is 0 Å². The molecular weight excluding hydrogens is 256 g/mol. The van der Waals surface area contributed by atoms with Crippen molar-refractivity contribution in [2.75, 3.05) is 12.3 Å². The Morgan fingerprint density at radius 2 is 2.11 bits per heavy atom. The fraction of sp³-hybridized carbons (Fsp3) is 0.231. The number of nitrogens with one attached hydrogen (secondary N) is 1. The summed E-state index contributed by atoms with van der Waals surface area (Å²) in [5.74, 6) is 0.523. The second-order valence-corrected chi connectivity index (χ2v) is 4.82. The van der Waals surface area contributed by atoms with Crippen molar-refractivity contribution in [3.63, 3.8) is 0 Å². The van der Waals surface area contributed by atoms with E-state index >= 15 is 0 Å². The molecule has 2 nitrogen and oxygen atoms in total. The lowest BCUT2D eigenvalue weighted by Gasteiger charge is -2.04. The fourth-order valence-electron chi connectivity index (χ4n) is 1.45. The number of rotatable bonds is 6. The molecule has 0 aliphatic rings. The van der Waals surface area contributed by atoms with Crippen LogP contribution in [0.3, 0.4) is 0 Å². The SMILES string of the molecule is Fc1ccc(SCCNCc2ccco2)c(F)c1. The van der Waals surface area contributed by atoms with Crippen molar-refractivity contribution >= 4 is 11.8 Å². The van der Waals surface area contributed by atoms with Gasteiger partial charge in [-0.05, 0) is 24.3 Å². The maximum Gasteiger partial charge on any atom is 0.139 e. The normalized spacial score (nSPS) is 10.8. The molecular formula is C13H13F2NOS. The minimum atomic E-state index is -0.548. The molecule has 1 N–H and O–H groups in total. The molecule has 0 spiro atoms. The van der Waals surface area contributed by atoms with E-state index in [2.05, 4.69) is 5.32 Å². The average molecular weight is 269 g/mol. The molecule has 0 bridgehead atoms. The first-order valence-electron chi connectivity index (χ1n) is 5.56. The van der Waals surface area contributed by atoms with Gasteiger partial charge in [-0.1, -0.05) is 0 Å². The summed E-state index contributed by atoms with van der Waals surface area (Å²) in [6.07, 6.45) is 1.62. The molecule has 5 heteroatoms. The van der Waals surface area contributed by atoms with Gasteiger partial charge in [0, 0.05) is 23.3 Å². The minimum absolute atomic E-state index is 0.469. The van der Waals surface area contributed by atoms with E-state index in [0.29, 0.717) is 17.2 Å². The van der Waals surface area contributed by atoms with Crippen LogP contribution in [-0.4, -0.2) is 12.3 Å². The summed E-state index contributed by atoms with van der Waals surface area (Å²) in [5.41, 5.74) is 0. The Morgan fingerprint density at radius 1 is 1.22 bits per heavy atom. The minimum Gasteiger partial charge on any atom is -0.468 e. The predicted octanol–water partition coefficient (Wildman–Crippen LogP) is 3.44. The molecule has 0 saturated heterocycles. The molecule has 1 aromatic carbocycles. The molecule has 0 unspecified atom stereocenters. The van der Waals surface area contributed by atoms with Gasteiger partial charge in [-0.3, -0.25) is 0 Å². The maximum atomic E-state index is 13.3. The largest absolute Gasteiger partial charge is 0.468 e. The topological polar surface area (TPSA) is 25.2 Å². The van der Waals surface area contributed by atoms with Crippen LogP contribution < -0.4 is 5.32 Å². The quantitative estimate of drug-likeness (QED) is 0.642. The van der Waals surface area contributed by atoms with Gasteiger partial charge in [0.1, 0.15) is 17.4 Å². The third kappa shape index (κ3) is 3.85. The van der Waals surface area contributed by atoms with Crippen LogP contribution in [0.25, 0.3) is 0 Å². The van der Waals surface area contributed by atoms with Crippen LogP contribution in [0, 0.1) is 11.6 Å². The van der Waals surface area contributed by atoms with E-state index in [1.165, 1.54) is 23.9 Å². The zero-order chi connectivity index (χ0) is 12.8. The Kier molecular flexibility index (Phi) is 4.78. The van der Waals surface area contributed by atoms with E-state index < -0.39 is 11.6 Å². The molecule has 0 saturated carbocycles. The van der Waals surface area contributed by atoms with Gasteiger partial charge < -0.3 is 9.73 Å². The first-order valence-corrected chi connectivity index (χ1v) is 6.55. The lowest BCUT2D eigenvalue weighted by Crippen LogP contribution is -2.16. The first kappa shape index (κ1) is 13.1. The summed E-state index contributed by atoms with van der Waals surface area (Å²) < 4.78 is 31.1. The number of benzene rings is 1. The molecule has 1 heterocycles. The van der Waals surface area contributed by atoms with Crippen LogP contribution in [0.1, 0.15) is 5.76 Å². The van der Waals surface area contributed by atoms with Crippen LogP contribution in [0.15, 0.2) is 45.9 Å². The molecule has 0 aliphatic carbocycles. The molecule has 0 fully saturated rings. The van der Waals surface area contributed by atoms with Crippen molar-refractivity contribution in [3.05, 3.63) is 54.0 Å². The van der Waals surface area contributed by atoms with Crippen molar-refractivity contribution < 1.29 is 13.2 Å². The molecule has 0 radical (unpaired) electrons. The van der Waals surface area contributed by atoms with Gasteiger partial charge >= 0.3 is 0 Å². The molecule has 2 rings (SSSR count). The molecule has 18 heavy (non-hydrogen) atoms. The Labute approximate surface area is 108 Å². The van der Waals surface area contributed by atoms with E-state index in [-0.39, 0.29) is 0 Å². The third-order valence-corrected chi connectivity index (χ3v) is 3.36. The summed E-state index contributed by atoms with van der Waals surface area (Å²) in [4.78, 5) is 0.469. The summed E-state index contributed by atoms with van der Waals surface area (Å²) in [6, 6.07) is 7.35. The van der Waals surface area contributed by atoms with Gasteiger partial charge in [0.2, 0.25) is 0 Å². The van der Waals surface area contributed by atoms with E-state index in [0.717, 1.165) is 18.4 Å². The second-order valence-electron chi connectivity index (χ2n) is 3.68. The highest BCUT2D eigenvalue weighted by molar-refractivity contribution is 7.99. The number of furan rings is 1. The third-order valence-electron chi connectivity index (χ3n) is 2.31. The standard InChI is InChI=1S/C13H13F2NOS/c14-10-3-4-13(12(15)8-10)18-7-5-16-9-11-2-1-6-17-11/h1-4,6,8,16H,5,7,9H2. The number of hydrogen-bond acceptors (Lipinski definition) is 3. The van der Waals surface area contributed by atoms with Crippen LogP contribution in [0.2, 0.25) is 0 Å². The van der Waals surface area contributed by atoms with Crippen molar-refractivity contribution in [2.24, 2.45) is 0 Å². The van der Waals surface area contributed by atoms with Gasteiger partial charge in [0.25, 0.3) is 0 Å². The average Bonchev–Trinajstić information content (AvgIpc) is 2.84. The lowest BCUT2D eigenvalue weighted by atomic mass is 10.3. The Morgan fingerprint density at radius 3 is 2.83 bits per heavy atom. The summed E-state index contributed by atoms with van der Waals surface area (Å²) in [5, 5.41) is 3.18. The maximum absolute atomic E-state index is 13.3. The highest BCUT2D eigenvalue weighted by atomic mass is 32.2. The zero-order valence-electron chi connectivity index (χ0n) is 9.66. The monoisotopic (exact) mass is 269 g/mol. The smallest absolute Gasteiger partial charge is 0.139 e. The molecule has 0 atom stereocenters. The van der Waals surface area contributed by atoms with Crippen LogP contribution >= 0.6 is 11.8 Å². The van der Waals surface area contributed by atoms with Crippen LogP contribution in [0.4, 0.5) is 8.78 Å². The highest BCUT2D eigenvalue weighted by Crippen LogP contribution is 2.21. The highest BCUT2D eigenvalue weighted by Gasteiger charge is 2.03. The van der Waals surface area contributed by atoms with Crippen molar-refractivity contribution in [3.8, 4) is 0 Å². The van der Waals surface area contributed by atoms with Gasteiger partial charge in [-0.2, -0.15) is 0 Å². The van der Waals surface area contributed by atoms with Crippen LogP contribution in [0.5, 0.6) is 0 Å². The summed E-state index contributed by atoms with van der Waals surface area (Å²) >= 11 is 1.36.